The molecule has 5 heteroatoms. The normalized spacial score (nSPS) is 13.8. The van der Waals surface area contributed by atoms with Gasteiger partial charge >= 0.3 is 0 Å². The lowest BCUT2D eigenvalue weighted by Gasteiger charge is -2.42. The van der Waals surface area contributed by atoms with Gasteiger partial charge in [0.25, 0.3) is 5.56 Å². The van der Waals surface area contributed by atoms with Crippen LogP contribution >= 0.6 is 0 Å². The first kappa shape index (κ1) is 20.8. The molecule has 0 aliphatic rings. The first-order valence-corrected chi connectivity index (χ1v) is 11.1. The summed E-state index contributed by atoms with van der Waals surface area (Å²) >= 11 is 0. The number of carbonyl (C=O) groups excluding carboxylic acids is 1. The number of rotatable bonds is 9. The van der Waals surface area contributed by atoms with Crippen LogP contribution < -0.4 is 5.56 Å². The fourth-order valence-corrected chi connectivity index (χ4v) is 9.55. The number of hydrogen-bond donors (Lipinski definition) is 0. The minimum absolute atomic E-state index is 0.00203. The molecule has 0 aliphatic heterocycles. The Bertz CT molecular complexity index is 571. The van der Waals surface area contributed by atoms with Crippen LogP contribution in [0.15, 0.2) is 29.2 Å². The highest BCUT2D eigenvalue weighted by Gasteiger charge is 2.45. The van der Waals surface area contributed by atoms with Crippen molar-refractivity contribution in [3.63, 3.8) is 0 Å². The first-order valence-electron chi connectivity index (χ1n) is 8.96. The van der Waals surface area contributed by atoms with Crippen molar-refractivity contribution in [3.8, 4) is 0 Å². The van der Waals surface area contributed by atoms with Gasteiger partial charge in [-0.3, -0.25) is 9.59 Å². The largest absolute Gasteiger partial charge is 0.416 e. The van der Waals surface area contributed by atoms with Gasteiger partial charge in [0.15, 0.2) is 14.1 Å². The first-order chi connectivity index (χ1) is 11.1. The number of ketones is 1. The Hall–Kier alpha value is -1.20. The lowest BCUT2D eigenvalue weighted by molar-refractivity contribution is -0.120. The number of aromatic nitrogens is 1. The van der Waals surface area contributed by atoms with Crippen LogP contribution in [0.25, 0.3) is 0 Å². The molecule has 0 bridgehead atoms. The second-order valence-electron chi connectivity index (χ2n) is 7.53. The van der Waals surface area contributed by atoms with E-state index in [1.807, 2.05) is 0 Å². The SMILES string of the molecule is CC(=O)C(CCO[Si](C(C)C)(C(C)C)C(C)C)n1ccccc1=O. The van der Waals surface area contributed by atoms with Gasteiger partial charge in [-0.05, 0) is 36.0 Å². The van der Waals surface area contributed by atoms with Crippen LogP contribution in [-0.2, 0) is 9.22 Å². The Labute approximate surface area is 147 Å². The van der Waals surface area contributed by atoms with Crippen molar-refractivity contribution in [1.82, 2.24) is 4.57 Å². The summed E-state index contributed by atoms with van der Waals surface area (Å²) in [6.07, 6.45) is 2.23. The molecule has 1 rings (SSSR count). The van der Waals surface area contributed by atoms with Crippen LogP contribution in [0, 0.1) is 0 Å². The van der Waals surface area contributed by atoms with Crippen molar-refractivity contribution in [2.45, 2.75) is 77.6 Å². The average Bonchev–Trinajstić information content (AvgIpc) is 2.47. The minimum atomic E-state index is -1.94. The lowest BCUT2D eigenvalue weighted by Crippen LogP contribution is -2.48. The maximum atomic E-state index is 12.0. The molecule has 0 fully saturated rings. The van der Waals surface area contributed by atoms with E-state index in [2.05, 4.69) is 41.5 Å². The van der Waals surface area contributed by atoms with Crippen LogP contribution in [0.1, 0.15) is 60.9 Å². The summed E-state index contributed by atoms with van der Waals surface area (Å²) in [7, 11) is -1.94. The maximum Gasteiger partial charge on any atom is 0.251 e. The number of carbonyl (C=O) groups is 1. The van der Waals surface area contributed by atoms with Crippen molar-refractivity contribution >= 4 is 14.1 Å². The van der Waals surface area contributed by atoms with E-state index in [0.29, 0.717) is 29.7 Å². The van der Waals surface area contributed by atoms with E-state index in [1.54, 1.807) is 25.3 Å². The van der Waals surface area contributed by atoms with Gasteiger partial charge in [0.05, 0.1) is 6.04 Å². The third kappa shape index (κ3) is 4.45. The van der Waals surface area contributed by atoms with Gasteiger partial charge in [0.1, 0.15) is 0 Å². The van der Waals surface area contributed by atoms with E-state index >= 15 is 0 Å². The van der Waals surface area contributed by atoms with Gasteiger partial charge in [0.2, 0.25) is 0 Å². The molecule has 1 heterocycles. The topological polar surface area (TPSA) is 48.3 Å². The average molecular weight is 352 g/mol. The van der Waals surface area contributed by atoms with Crippen LogP contribution in [0.5, 0.6) is 0 Å². The number of hydrogen-bond acceptors (Lipinski definition) is 3. The number of pyridine rings is 1. The molecule has 0 spiro atoms. The number of Topliss-reactive ketones (excluding diaryl/α,β-unsaturated/α-hetero) is 1. The Morgan fingerprint density at radius 3 is 2.04 bits per heavy atom. The summed E-state index contributed by atoms with van der Waals surface area (Å²) in [5.74, 6) is -0.00203. The van der Waals surface area contributed by atoms with E-state index in [1.165, 1.54) is 10.6 Å². The van der Waals surface area contributed by atoms with Crippen molar-refractivity contribution in [3.05, 3.63) is 34.7 Å². The summed E-state index contributed by atoms with van der Waals surface area (Å²) in [4.78, 5) is 24.1. The molecule has 0 saturated carbocycles. The molecular weight excluding hydrogens is 318 g/mol. The Balaban J connectivity index is 2.94. The van der Waals surface area contributed by atoms with Crippen LogP contribution in [-0.4, -0.2) is 25.3 Å². The Morgan fingerprint density at radius 1 is 1.08 bits per heavy atom. The minimum Gasteiger partial charge on any atom is -0.416 e. The molecule has 0 saturated heterocycles. The molecule has 0 aliphatic carbocycles. The van der Waals surface area contributed by atoms with Gasteiger partial charge in [-0.25, -0.2) is 0 Å². The molecule has 1 atom stereocenters. The standard InChI is InChI=1S/C19H33NO3Si/c1-14(2)24(15(3)4,16(5)6)23-13-11-18(17(7)21)20-12-9-8-10-19(20)22/h8-10,12,14-16,18H,11,13H2,1-7H3. The highest BCUT2D eigenvalue weighted by atomic mass is 28.4. The van der Waals surface area contributed by atoms with Crippen molar-refractivity contribution in [2.24, 2.45) is 0 Å². The molecule has 0 radical (unpaired) electrons. The van der Waals surface area contributed by atoms with E-state index in [0.717, 1.165) is 0 Å². The molecule has 24 heavy (non-hydrogen) atoms. The summed E-state index contributed by atoms with van der Waals surface area (Å²) in [6, 6.07) is 4.53. The zero-order valence-corrected chi connectivity index (χ0v) is 17.2. The molecule has 0 aromatic carbocycles. The van der Waals surface area contributed by atoms with Crippen molar-refractivity contribution in [2.75, 3.05) is 6.61 Å². The van der Waals surface area contributed by atoms with Gasteiger partial charge < -0.3 is 8.99 Å². The molecule has 4 nitrogen and oxygen atoms in total. The second-order valence-corrected chi connectivity index (χ2v) is 13.0. The summed E-state index contributed by atoms with van der Waals surface area (Å²) in [5.41, 5.74) is 1.38. The third-order valence-corrected chi connectivity index (χ3v) is 11.2. The van der Waals surface area contributed by atoms with Gasteiger partial charge in [-0.1, -0.05) is 47.6 Å². The molecule has 0 N–H and O–H groups in total. The fraction of sp³-hybridized carbons (Fsp3) is 0.684. The zero-order valence-electron chi connectivity index (χ0n) is 16.2. The second kappa shape index (κ2) is 8.76. The van der Waals surface area contributed by atoms with Crippen LogP contribution in [0.4, 0.5) is 0 Å². The molecule has 136 valence electrons. The Kier molecular flexibility index (Phi) is 7.61. The highest BCUT2D eigenvalue weighted by molar-refractivity contribution is 6.77. The number of nitrogens with zero attached hydrogens (tertiary/aromatic N) is 1. The third-order valence-electron chi connectivity index (χ3n) is 5.11. The molecule has 1 aromatic rings. The quantitative estimate of drug-likeness (QED) is 0.613. The van der Waals surface area contributed by atoms with Gasteiger partial charge in [-0.15, -0.1) is 0 Å². The molecular formula is C19H33NO3Si. The molecule has 0 amide bonds. The van der Waals surface area contributed by atoms with E-state index in [9.17, 15) is 9.59 Å². The Morgan fingerprint density at radius 2 is 1.62 bits per heavy atom. The van der Waals surface area contributed by atoms with Crippen molar-refractivity contribution in [1.29, 1.82) is 0 Å². The monoisotopic (exact) mass is 351 g/mol. The van der Waals surface area contributed by atoms with Crippen molar-refractivity contribution < 1.29 is 9.22 Å². The molecule has 1 aromatic heterocycles. The maximum absolute atomic E-state index is 12.0. The van der Waals surface area contributed by atoms with Gasteiger partial charge in [0, 0.05) is 18.9 Å². The summed E-state index contributed by atoms with van der Waals surface area (Å²) < 4.78 is 8.05. The highest BCUT2D eigenvalue weighted by Crippen LogP contribution is 2.42. The predicted molar refractivity (Wildman–Crippen MR) is 102 cm³/mol. The predicted octanol–water partition coefficient (Wildman–Crippen LogP) is 4.56. The van der Waals surface area contributed by atoms with Crippen LogP contribution in [0.2, 0.25) is 16.6 Å². The summed E-state index contributed by atoms with van der Waals surface area (Å²) in [6.45, 7) is 15.5. The van der Waals surface area contributed by atoms with E-state index < -0.39 is 14.4 Å². The van der Waals surface area contributed by atoms with E-state index in [4.69, 9.17) is 4.43 Å². The van der Waals surface area contributed by atoms with Crippen LogP contribution in [0.3, 0.4) is 0 Å². The molecule has 1 unspecified atom stereocenters. The van der Waals surface area contributed by atoms with Gasteiger partial charge in [-0.2, -0.15) is 0 Å². The zero-order chi connectivity index (χ0) is 18.5. The lowest BCUT2D eigenvalue weighted by atomic mass is 10.1. The smallest absolute Gasteiger partial charge is 0.251 e. The summed E-state index contributed by atoms with van der Waals surface area (Å²) in [5, 5.41) is 0. The fourth-order valence-electron chi connectivity index (χ4n) is 4.08. The van der Waals surface area contributed by atoms with E-state index in [-0.39, 0.29) is 11.3 Å².